The topological polar surface area (TPSA) is 106 Å². The number of rotatable bonds is 4. The van der Waals surface area contributed by atoms with Gasteiger partial charge in [0.05, 0.1) is 0 Å². The number of nitrogens with two attached hydrogens (primary N) is 2. The smallest absolute Gasteiger partial charge is 0.224 e. The molecule has 1 saturated heterocycles. The lowest BCUT2D eigenvalue weighted by Gasteiger charge is -2.14. The first kappa shape index (κ1) is 11.4. The van der Waals surface area contributed by atoms with E-state index in [2.05, 4.69) is 0 Å². The van der Waals surface area contributed by atoms with Crippen molar-refractivity contribution in [2.75, 3.05) is 19.6 Å². The first-order valence-corrected chi connectivity index (χ1v) is 6.05. The average Bonchev–Trinajstić information content (AvgIpc) is 2.43. The van der Waals surface area contributed by atoms with Gasteiger partial charge in [0.1, 0.15) is 5.25 Å². The Balaban J connectivity index is 2.56. The minimum Gasteiger partial charge on any atom is -0.341 e. The Bertz CT molecular complexity index is 314. The molecule has 1 heterocycles. The number of primary sulfonamides is 1. The molecule has 0 aromatic heterocycles. The molecular formula is C7H15N3O3S. The maximum atomic E-state index is 11.3. The third kappa shape index (κ3) is 2.66. The van der Waals surface area contributed by atoms with Crippen LogP contribution in [-0.2, 0) is 14.8 Å². The zero-order valence-corrected chi connectivity index (χ0v) is 8.66. The molecule has 1 fully saturated rings. The Morgan fingerprint density at radius 3 is 2.57 bits per heavy atom. The van der Waals surface area contributed by atoms with Crippen LogP contribution in [-0.4, -0.2) is 44.1 Å². The molecule has 0 aromatic rings. The summed E-state index contributed by atoms with van der Waals surface area (Å²) in [6.45, 7) is 1.21. The van der Waals surface area contributed by atoms with E-state index < -0.39 is 15.3 Å². The Labute approximate surface area is 83.3 Å². The van der Waals surface area contributed by atoms with Crippen molar-refractivity contribution in [2.24, 2.45) is 10.9 Å². The number of hydrogen-bond acceptors (Lipinski definition) is 4. The van der Waals surface area contributed by atoms with Gasteiger partial charge in [-0.05, 0) is 13.0 Å². The van der Waals surface area contributed by atoms with Crippen LogP contribution in [0.2, 0.25) is 0 Å². The summed E-state index contributed by atoms with van der Waals surface area (Å²) < 4.78 is 21.9. The SMILES string of the molecule is NCCCN1CC(S(N)(=O)=O)CC1=O. The number of nitrogens with zero attached hydrogens (tertiary/aromatic N) is 1. The quantitative estimate of drug-likeness (QED) is 0.585. The number of sulfonamides is 1. The van der Waals surface area contributed by atoms with Crippen molar-refractivity contribution in [1.82, 2.24) is 4.90 Å². The highest BCUT2D eigenvalue weighted by atomic mass is 32.2. The van der Waals surface area contributed by atoms with Gasteiger partial charge in [-0.1, -0.05) is 0 Å². The van der Waals surface area contributed by atoms with Crippen LogP contribution in [0.15, 0.2) is 0 Å². The van der Waals surface area contributed by atoms with Crippen molar-refractivity contribution in [1.29, 1.82) is 0 Å². The summed E-state index contributed by atoms with van der Waals surface area (Å²) in [5.41, 5.74) is 5.29. The number of carbonyl (C=O) groups is 1. The van der Waals surface area contributed by atoms with Crippen molar-refractivity contribution >= 4 is 15.9 Å². The monoisotopic (exact) mass is 221 g/mol. The summed E-state index contributed by atoms with van der Waals surface area (Å²) in [7, 11) is -3.59. The summed E-state index contributed by atoms with van der Waals surface area (Å²) in [5.74, 6) is -0.155. The molecule has 0 saturated carbocycles. The lowest BCUT2D eigenvalue weighted by Crippen LogP contribution is -2.33. The Morgan fingerprint density at radius 2 is 2.14 bits per heavy atom. The number of amides is 1. The van der Waals surface area contributed by atoms with Crippen LogP contribution in [0.3, 0.4) is 0 Å². The van der Waals surface area contributed by atoms with Crippen LogP contribution < -0.4 is 10.9 Å². The van der Waals surface area contributed by atoms with Crippen LogP contribution in [0, 0.1) is 0 Å². The first-order valence-electron chi connectivity index (χ1n) is 4.44. The maximum Gasteiger partial charge on any atom is 0.224 e. The molecule has 82 valence electrons. The number of carbonyl (C=O) groups excluding carboxylic acids is 1. The molecule has 1 rings (SSSR count). The van der Waals surface area contributed by atoms with E-state index in [4.69, 9.17) is 10.9 Å². The number of hydrogen-bond donors (Lipinski definition) is 2. The van der Waals surface area contributed by atoms with E-state index in [1.54, 1.807) is 0 Å². The third-order valence-corrected chi connectivity index (χ3v) is 3.52. The highest BCUT2D eigenvalue weighted by Crippen LogP contribution is 2.16. The van der Waals surface area contributed by atoms with Crippen molar-refractivity contribution in [3.8, 4) is 0 Å². The molecule has 7 heteroatoms. The maximum absolute atomic E-state index is 11.3. The summed E-state index contributed by atoms with van der Waals surface area (Å²) in [6, 6.07) is 0. The lowest BCUT2D eigenvalue weighted by molar-refractivity contribution is -0.127. The first-order chi connectivity index (χ1) is 6.45. The van der Waals surface area contributed by atoms with E-state index in [9.17, 15) is 13.2 Å². The van der Waals surface area contributed by atoms with E-state index in [0.29, 0.717) is 19.5 Å². The van der Waals surface area contributed by atoms with Gasteiger partial charge in [-0.25, -0.2) is 13.6 Å². The Hall–Kier alpha value is -0.660. The van der Waals surface area contributed by atoms with Gasteiger partial charge < -0.3 is 10.6 Å². The standard InChI is InChI=1S/C7H15N3O3S/c8-2-1-3-10-5-6(4-7(10)11)14(9,12)13/h6H,1-5,8H2,(H2,9,12,13). The Kier molecular flexibility index (Phi) is 3.46. The van der Waals surface area contributed by atoms with Gasteiger partial charge in [-0.2, -0.15) is 0 Å². The second-order valence-corrected chi connectivity index (χ2v) is 5.24. The fourth-order valence-electron chi connectivity index (χ4n) is 1.45. The van der Waals surface area contributed by atoms with Crippen molar-refractivity contribution in [2.45, 2.75) is 18.1 Å². The van der Waals surface area contributed by atoms with Crippen LogP contribution in [0.25, 0.3) is 0 Å². The molecule has 1 unspecified atom stereocenters. The van der Waals surface area contributed by atoms with Gasteiger partial charge in [0, 0.05) is 19.5 Å². The van der Waals surface area contributed by atoms with Gasteiger partial charge >= 0.3 is 0 Å². The normalized spacial score (nSPS) is 23.1. The van der Waals surface area contributed by atoms with E-state index in [-0.39, 0.29) is 18.9 Å². The molecule has 0 spiro atoms. The molecule has 1 amide bonds. The fraction of sp³-hybridized carbons (Fsp3) is 0.857. The fourth-order valence-corrected chi connectivity index (χ4v) is 2.22. The largest absolute Gasteiger partial charge is 0.341 e. The molecule has 0 aliphatic carbocycles. The van der Waals surface area contributed by atoms with Crippen LogP contribution in [0.1, 0.15) is 12.8 Å². The third-order valence-electron chi connectivity index (χ3n) is 2.28. The van der Waals surface area contributed by atoms with Gasteiger partial charge in [0.25, 0.3) is 0 Å². The molecule has 1 aliphatic heterocycles. The van der Waals surface area contributed by atoms with Crippen LogP contribution in [0.4, 0.5) is 0 Å². The summed E-state index contributed by atoms with van der Waals surface area (Å²) in [6.07, 6.45) is 0.687. The van der Waals surface area contributed by atoms with Gasteiger partial charge in [0.15, 0.2) is 0 Å². The molecule has 14 heavy (non-hydrogen) atoms. The molecule has 0 bridgehead atoms. The minimum atomic E-state index is -3.59. The van der Waals surface area contributed by atoms with E-state index in [1.807, 2.05) is 0 Å². The molecule has 6 nitrogen and oxygen atoms in total. The predicted molar refractivity (Wildman–Crippen MR) is 51.8 cm³/mol. The molecule has 0 radical (unpaired) electrons. The van der Waals surface area contributed by atoms with E-state index in [1.165, 1.54) is 4.90 Å². The summed E-state index contributed by atoms with van der Waals surface area (Å²) >= 11 is 0. The molecule has 4 N–H and O–H groups in total. The summed E-state index contributed by atoms with van der Waals surface area (Å²) in [4.78, 5) is 12.8. The highest BCUT2D eigenvalue weighted by molar-refractivity contribution is 7.89. The van der Waals surface area contributed by atoms with Crippen molar-refractivity contribution in [3.63, 3.8) is 0 Å². The summed E-state index contributed by atoms with van der Waals surface area (Å²) in [5, 5.41) is 4.22. The predicted octanol–water partition coefficient (Wildman–Crippen LogP) is -1.78. The molecule has 1 atom stereocenters. The van der Waals surface area contributed by atoms with Crippen molar-refractivity contribution < 1.29 is 13.2 Å². The van der Waals surface area contributed by atoms with Gasteiger partial charge in [-0.3, -0.25) is 4.79 Å². The van der Waals surface area contributed by atoms with E-state index >= 15 is 0 Å². The lowest BCUT2D eigenvalue weighted by atomic mass is 10.4. The molecule has 0 aromatic carbocycles. The average molecular weight is 221 g/mol. The zero-order valence-electron chi connectivity index (χ0n) is 7.85. The second-order valence-electron chi connectivity index (χ2n) is 3.40. The Morgan fingerprint density at radius 1 is 1.50 bits per heavy atom. The molecule has 1 aliphatic rings. The van der Waals surface area contributed by atoms with Crippen LogP contribution in [0.5, 0.6) is 0 Å². The van der Waals surface area contributed by atoms with Crippen LogP contribution >= 0.6 is 0 Å². The minimum absolute atomic E-state index is 0.00338. The second kappa shape index (κ2) is 4.24. The molecular weight excluding hydrogens is 206 g/mol. The highest BCUT2D eigenvalue weighted by Gasteiger charge is 2.35. The van der Waals surface area contributed by atoms with Gasteiger partial charge in [-0.15, -0.1) is 0 Å². The number of likely N-dealkylation sites (tertiary alicyclic amines) is 1. The van der Waals surface area contributed by atoms with E-state index in [0.717, 1.165) is 0 Å². The zero-order chi connectivity index (χ0) is 10.8. The van der Waals surface area contributed by atoms with Gasteiger partial charge in [0.2, 0.25) is 15.9 Å². The van der Waals surface area contributed by atoms with Crippen molar-refractivity contribution in [3.05, 3.63) is 0 Å².